The van der Waals surface area contributed by atoms with Gasteiger partial charge >= 0.3 is 6.09 Å². The summed E-state index contributed by atoms with van der Waals surface area (Å²) >= 11 is 11.9. The van der Waals surface area contributed by atoms with Crippen molar-refractivity contribution in [3.05, 3.63) is 63.6 Å². The second-order valence-corrected chi connectivity index (χ2v) is 4.93. The van der Waals surface area contributed by atoms with Gasteiger partial charge in [-0.3, -0.25) is 5.32 Å². The number of nitrogens with zero attached hydrogens (tertiary/aromatic N) is 1. The SMILES string of the molecule is N#Cc1cc(Cl)c(NC(=O)OCc2ccccc2)c(Cl)c1. The molecule has 0 aliphatic rings. The Balaban J connectivity index is 2.02. The fourth-order valence-corrected chi connectivity index (χ4v) is 2.20. The van der Waals surface area contributed by atoms with Gasteiger partial charge in [0.15, 0.2) is 0 Å². The molecule has 0 bridgehead atoms. The molecule has 0 saturated heterocycles. The first kappa shape index (κ1) is 15.2. The Hall–Kier alpha value is -2.22. The van der Waals surface area contributed by atoms with Crippen LogP contribution in [0.25, 0.3) is 0 Å². The minimum Gasteiger partial charge on any atom is -0.444 e. The van der Waals surface area contributed by atoms with Crippen molar-refractivity contribution in [3.63, 3.8) is 0 Å². The van der Waals surface area contributed by atoms with Crippen LogP contribution < -0.4 is 5.32 Å². The van der Waals surface area contributed by atoms with Gasteiger partial charge < -0.3 is 4.74 Å². The Morgan fingerprint density at radius 3 is 2.38 bits per heavy atom. The third-order valence-corrected chi connectivity index (χ3v) is 3.21. The molecule has 0 fully saturated rings. The normalized spacial score (nSPS) is 9.76. The van der Waals surface area contributed by atoms with Crippen molar-refractivity contribution < 1.29 is 9.53 Å². The Kier molecular flexibility index (Phi) is 5.04. The fraction of sp³-hybridized carbons (Fsp3) is 0.0667. The summed E-state index contributed by atoms with van der Waals surface area (Å²) in [5.74, 6) is 0. The molecule has 4 nitrogen and oxygen atoms in total. The van der Waals surface area contributed by atoms with Crippen LogP contribution in [-0.2, 0) is 11.3 Å². The molecule has 0 unspecified atom stereocenters. The average molecular weight is 321 g/mol. The minimum atomic E-state index is -0.674. The summed E-state index contributed by atoms with van der Waals surface area (Å²) in [5.41, 5.74) is 1.40. The highest BCUT2D eigenvalue weighted by Gasteiger charge is 2.12. The summed E-state index contributed by atoms with van der Waals surface area (Å²) in [6.07, 6.45) is -0.674. The lowest BCUT2D eigenvalue weighted by Gasteiger charge is -2.10. The largest absolute Gasteiger partial charge is 0.444 e. The third kappa shape index (κ3) is 4.12. The van der Waals surface area contributed by atoms with Gasteiger partial charge in [0, 0.05) is 0 Å². The number of anilines is 1. The number of hydrogen-bond acceptors (Lipinski definition) is 3. The lowest BCUT2D eigenvalue weighted by atomic mass is 10.2. The maximum absolute atomic E-state index is 11.7. The van der Waals surface area contributed by atoms with Crippen molar-refractivity contribution in [2.45, 2.75) is 6.61 Å². The first-order valence-corrected chi connectivity index (χ1v) is 6.72. The number of nitriles is 1. The van der Waals surface area contributed by atoms with Crippen LogP contribution >= 0.6 is 23.2 Å². The summed E-state index contributed by atoms with van der Waals surface area (Å²) < 4.78 is 5.07. The summed E-state index contributed by atoms with van der Waals surface area (Å²) in [6, 6.07) is 14.0. The average Bonchev–Trinajstić information content (AvgIpc) is 2.49. The van der Waals surface area contributed by atoms with E-state index < -0.39 is 6.09 Å². The van der Waals surface area contributed by atoms with Gasteiger partial charge in [0.05, 0.1) is 27.4 Å². The molecule has 2 aromatic carbocycles. The van der Waals surface area contributed by atoms with E-state index in [1.165, 1.54) is 12.1 Å². The Labute approximate surface area is 131 Å². The van der Waals surface area contributed by atoms with E-state index in [1.807, 2.05) is 36.4 Å². The molecular weight excluding hydrogens is 311 g/mol. The van der Waals surface area contributed by atoms with E-state index in [-0.39, 0.29) is 22.3 Å². The topological polar surface area (TPSA) is 62.1 Å². The highest BCUT2D eigenvalue weighted by molar-refractivity contribution is 6.39. The fourth-order valence-electron chi connectivity index (χ4n) is 1.62. The summed E-state index contributed by atoms with van der Waals surface area (Å²) in [4.78, 5) is 11.7. The molecule has 0 aliphatic heterocycles. The van der Waals surface area contributed by atoms with E-state index in [4.69, 9.17) is 33.2 Å². The number of carbonyl (C=O) groups is 1. The standard InChI is InChI=1S/C15H10Cl2N2O2/c16-12-6-11(8-18)7-13(17)14(12)19-15(20)21-9-10-4-2-1-3-5-10/h1-7H,9H2,(H,19,20). The number of halogens is 2. The van der Waals surface area contributed by atoms with Gasteiger partial charge in [-0.15, -0.1) is 0 Å². The van der Waals surface area contributed by atoms with Gasteiger partial charge in [0.25, 0.3) is 0 Å². The van der Waals surface area contributed by atoms with Gasteiger partial charge in [0.1, 0.15) is 6.61 Å². The minimum absolute atomic E-state index is 0.137. The number of carbonyl (C=O) groups excluding carboxylic acids is 1. The van der Waals surface area contributed by atoms with Crippen LogP contribution in [0.5, 0.6) is 0 Å². The van der Waals surface area contributed by atoms with Crippen LogP contribution in [0.15, 0.2) is 42.5 Å². The molecule has 1 N–H and O–H groups in total. The quantitative estimate of drug-likeness (QED) is 0.897. The second kappa shape index (κ2) is 6.98. The van der Waals surface area contributed by atoms with Crippen LogP contribution in [0.3, 0.4) is 0 Å². The van der Waals surface area contributed by atoms with E-state index in [9.17, 15) is 4.79 Å². The highest BCUT2D eigenvalue weighted by atomic mass is 35.5. The van der Waals surface area contributed by atoms with E-state index in [1.54, 1.807) is 0 Å². The maximum atomic E-state index is 11.7. The zero-order chi connectivity index (χ0) is 15.2. The van der Waals surface area contributed by atoms with Gasteiger partial charge in [-0.2, -0.15) is 5.26 Å². The van der Waals surface area contributed by atoms with Crippen molar-refractivity contribution in [1.82, 2.24) is 0 Å². The van der Waals surface area contributed by atoms with Crippen LogP contribution in [-0.4, -0.2) is 6.09 Å². The Morgan fingerprint density at radius 2 is 1.81 bits per heavy atom. The maximum Gasteiger partial charge on any atom is 0.412 e. The molecule has 0 heterocycles. The van der Waals surface area contributed by atoms with Crippen molar-refractivity contribution >= 4 is 35.0 Å². The molecule has 0 atom stereocenters. The third-order valence-electron chi connectivity index (χ3n) is 2.61. The van der Waals surface area contributed by atoms with Crippen molar-refractivity contribution in [2.24, 2.45) is 0 Å². The van der Waals surface area contributed by atoms with E-state index in [0.29, 0.717) is 5.56 Å². The van der Waals surface area contributed by atoms with Crippen LogP contribution in [0.4, 0.5) is 10.5 Å². The van der Waals surface area contributed by atoms with Crippen molar-refractivity contribution in [3.8, 4) is 6.07 Å². The molecule has 2 rings (SSSR count). The number of rotatable bonds is 3. The van der Waals surface area contributed by atoms with E-state index >= 15 is 0 Å². The zero-order valence-corrected chi connectivity index (χ0v) is 12.3. The van der Waals surface area contributed by atoms with Crippen molar-refractivity contribution in [2.75, 3.05) is 5.32 Å². The Bertz CT molecular complexity index is 674. The number of benzene rings is 2. The van der Waals surface area contributed by atoms with Gasteiger partial charge in [-0.05, 0) is 17.7 Å². The predicted molar refractivity (Wildman–Crippen MR) is 81.4 cm³/mol. The molecule has 0 radical (unpaired) electrons. The number of amides is 1. The molecule has 0 saturated carbocycles. The summed E-state index contributed by atoms with van der Waals surface area (Å²) in [5, 5.41) is 11.6. The van der Waals surface area contributed by atoms with Crippen LogP contribution in [0.2, 0.25) is 10.0 Å². The van der Waals surface area contributed by atoms with Gasteiger partial charge in [-0.25, -0.2) is 4.79 Å². The van der Waals surface area contributed by atoms with Crippen molar-refractivity contribution in [1.29, 1.82) is 5.26 Å². The van der Waals surface area contributed by atoms with Gasteiger partial charge in [0.2, 0.25) is 0 Å². The van der Waals surface area contributed by atoms with Crippen LogP contribution in [0, 0.1) is 11.3 Å². The van der Waals surface area contributed by atoms with E-state index in [2.05, 4.69) is 5.32 Å². The lowest BCUT2D eigenvalue weighted by molar-refractivity contribution is 0.155. The zero-order valence-electron chi connectivity index (χ0n) is 10.8. The highest BCUT2D eigenvalue weighted by Crippen LogP contribution is 2.31. The monoisotopic (exact) mass is 320 g/mol. The molecule has 0 aromatic heterocycles. The summed E-state index contributed by atoms with van der Waals surface area (Å²) in [7, 11) is 0. The lowest BCUT2D eigenvalue weighted by Crippen LogP contribution is -2.14. The number of nitrogens with one attached hydrogen (secondary N) is 1. The first-order chi connectivity index (χ1) is 10.1. The number of ether oxygens (including phenoxy) is 1. The second-order valence-electron chi connectivity index (χ2n) is 4.11. The molecule has 1 amide bonds. The molecule has 2 aromatic rings. The predicted octanol–water partition coefficient (Wildman–Crippen LogP) is 4.61. The first-order valence-electron chi connectivity index (χ1n) is 5.97. The molecular formula is C15H10Cl2N2O2. The smallest absolute Gasteiger partial charge is 0.412 e. The van der Waals surface area contributed by atoms with Gasteiger partial charge in [-0.1, -0.05) is 53.5 Å². The summed E-state index contributed by atoms with van der Waals surface area (Å²) in [6.45, 7) is 0.137. The Morgan fingerprint density at radius 1 is 1.19 bits per heavy atom. The van der Waals surface area contributed by atoms with Crippen LogP contribution in [0.1, 0.15) is 11.1 Å². The van der Waals surface area contributed by atoms with E-state index in [0.717, 1.165) is 5.56 Å². The molecule has 0 spiro atoms. The molecule has 0 aliphatic carbocycles. The molecule has 6 heteroatoms. The number of hydrogen-bond donors (Lipinski definition) is 1. The molecule has 21 heavy (non-hydrogen) atoms. The molecule has 106 valence electrons.